The van der Waals surface area contributed by atoms with Gasteiger partial charge in [-0.15, -0.1) is 0 Å². The zero-order valence-corrected chi connectivity index (χ0v) is 9.08. The van der Waals surface area contributed by atoms with Crippen molar-refractivity contribution in [1.82, 2.24) is 0 Å². The van der Waals surface area contributed by atoms with E-state index in [0.717, 1.165) is 26.1 Å². The molecule has 0 saturated carbocycles. The lowest BCUT2D eigenvalue weighted by Crippen LogP contribution is -2.40. The molecule has 3 nitrogen and oxygen atoms in total. The van der Waals surface area contributed by atoms with Crippen LogP contribution in [0.15, 0.2) is 0 Å². The SMILES string of the molecule is CCCC(OCC)C(N)COCC. The fourth-order valence-electron chi connectivity index (χ4n) is 1.28. The van der Waals surface area contributed by atoms with Gasteiger partial charge in [-0.2, -0.15) is 0 Å². The Morgan fingerprint density at radius 1 is 1.15 bits per heavy atom. The minimum Gasteiger partial charge on any atom is -0.380 e. The van der Waals surface area contributed by atoms with E-state index in [4.69, 9.17) is 15.2 Å². The molecule has 0 aromatic rings. The first-order chi connectivity index (χ1) is 6.26. The van der Waals surface area contributed by atoms with Crippen molar-refractivity contribution in [3.05, 3.63) is 0 Å². The van der Waals surface area contributed by atoms with E-state index in [-0.39, 0.29) is 12.1 Å². The van der Waals surface area contributed by atoms with Gasteiger partial charge in [0, 0.05) is 13.2 Å². The Hall–Kier alpha value is -0.120. The molecule has 3 heteroatoms. The molecule has 0 aliphatic carbocycles. The van der Waals surface area contributed by atoms with Gasteiger partial charge < -0.3 is 15.2 Å². The van der Waals surface area contributed by atoms with Crippen molar-refractivity contribution in [3.63, 3.8) is 0 Å². The standard InChI is InChI=1S/C10H23NO2/c1-4-7-10(13-6-3)9(11)8-12-5-2/h9-10H,4-8,11H2,1-3H3. The summed E-state index contributed by atoms with van der Waals surface area (Å²) in [5.41, 5.74) is 5.93. The van der Waals surface area contributed by atoms with Gasteiger partial charge >= 0.3 is 0 Å². The summed E-state index contributed by atoms with van der Waals surface area (Å²) in [7, 11) is 0. The van der Waals surface area contributed by atoms with Gasteiger partial charge in [-0.1, -0.05) is 13.3 Å². The van der Waals surface area contributed by atoms with Crippen molar-refractivity contribution in [1.29, 1.82) is 0 Å². The maximum atomic E-state index is 5.93. The highest BCUT2D eigenvalue weighted by atomic mass is 16.5. The highest BCUT2D eigenvalue weighted by Gasteiger charge is 2.16. The zero-order chi connectivity index (χ0) is 10.1. The summed E-state index contributed by atoms with van der Waals surface area (Å²) in [6.45, 7) is 8.15. The summed E-state index contributed by atoms with van der Waals surface area (Å²) in [6, 6.07) is 0.0137. The Labute approximate surface area is 81.6 Å². The lowest BCUT2D eigenvalue weighted by Gasteiger charge is -2.23. The summed E-state index contributed by atoms with van der Waals surface area (Å²) in [5, 5.41) is 0. The minimum atomic E-state index is 0.0137. The summed E-state index contributed by atoms with van der Waals surface area (Å²) in [6.07, 6.45) is 2.27. The Morgan fingerprint density at radius 2 is 1.85 bits per heavy atom. The summed E-state index contributed by atoms with van der Waals surface area (Å²) < 4.78 is 10.8. The summed E-state index contributed by atoms with van der Waals surface area (Å²) in [4.78, 5) is 0. The maximum absolute atomic E-state index is 5.93. The van der Waals surface area contributed by atoms with Crippen molar-refractivity contribution in [2.24, 2.45) is 5.73 Å². The highest BCUT2D eigenvalue weighted by Crippen LogP contribution is 2.06. The van der Waals surface area contributed by atoms with E-state index in [0.29, 0.717) is 6.61 Å². The van der Waals surface area contributed by atoms with Gasteiger partial charge in [0.1, 0.15) is 0 Å². The third-order valence-corrected chi connectivity index (χ3v) is 1.95. The molecule has 0 aliphatic heterocycles. The Bertz CT molecular complexity index is 103. The van der Waals surface area contributed by atoms with Crippen molar-refractivity contribution in [2.45, 2.75) is 45.8 Å². The van der Waals surface area contributed by atoms with E-state index in [2.05, 4.69) is 6.92 Å². The number of nitrogens with two attached hydrogens (primary N) is 1. The lowest BCUT2D eigenvalue weighted by atomic mass is 10.1. The fourth-order valence-corrected chi connectivity index (χ4v) is 1.28. The number of ether oxygens (including phenoxy) is 2. The molecule has 2 unspecified atom stereocenters. The number of hydrogen-bond donors (Lipinski definition) is 1. The van der Waals surface area contributed by atoms with Crippen LogP contribution in [0.4, 0.5) is 0 Å². The molecule has 0 rings (SSSR count). The van der Waals surface area contributed by atoms with Gasteiger partial charge in [-0.05, 0) is 20.3 Å². The molecule has 0 fully saturated rings. The molecule has 0 bridgehead atoms. The number of hydrogen-bond acceptors (Lipinski definition) is 3. The van der Waals surface area contributed by atoms with Crippen LogP contribution in [0.25, 0.3) is 0 Å². The molecule has 0 aromatic heterocycles. The topological polar surface area (TPSA) is 44.5 Å². The van der Waals surface area contributed by atoms with Crippen LogP contribution in [0.1, 0.15) is 33.6 Å². The largest absolute Gasteiger partial charge is 0.380 e. The summed E-state index contributed by atoms with van der Waals surface area (Å²) >= 11 is 0. The van der Waals surface area contributed by atoms with Crippen LogP contribution in [-0.4, -0.2) is 32.0 Å². The Kier molecular flexibility index (Phi) is 8.40. The van der Waals surface area contributed by atoms with Crippen molar-refractivity contribution >= 4 is 0 Å². The average molecular weight is 189 g/mol. The molecule has 0 aliphatic rings. The van der Waals surface area contributed by atoms with Crippen LogP contribution in [0.3, 0.4) is 0 Å². The average Bonchev–Trinajstić information content (AvgIpc) is 2.14. The van der Waals surface area contributed by atoms with E-state index in [1.165, 1.54) is 0 Å². The summed E-state index contributed by atoms with van der Waals surface area (Å²) in [5.74, 6) is 0. The first-order valence-corrected chi connectivity index (χ1v) is 5.21. The quantitative estimate of drug-likeness (QED) is 0.630. The van der Waals surface area contributed by atoms with E-state index in [9.17, 15) is 0 Å². The van der Waals surface area contributed by atoms with Crippen molar-refractivity contribution < 1.29 is 9.47 Å². The van der Waals surface area contributed by atoms with Crippen LogP contribution in [0.5, 0.6) is 0 Å². The maximum Gasteiger partial charge on any atom is 0.0748 e. The van der Waals surface area contributed by atoms with Crippen LogP contribution in [0.2, 0.25) is 0 Å². The number of rotatable bonds is 8. The van der Waals surface area contributed by atoms with E-state index in [1.54, 1.807) is 0 Å². The Morgan fingerprint density at radius 3 is 2.31 bits per heavy atom. The van der Waals surface area contributed by atoms with Crippen LogP contribution in [0, 0.1) is 0 Å². The van der Waals surface area contributed by atoms with Crippen molar-refractivity contribution in [3.8, 4) is 0 Å². The highest BCUT2D eigenvalue weighted by molar-refractivity contribution is 4.72. The van der Waals surface area contributed by atoms with E-state index in [1.807, 2.05) is 13.8 Å². The zero-order valence-electron chi connectivity index (χ0n) is 9.08. The van der Waals surface area contributed by atoms with Crippen LogP contribution < -0.4 is 5.73 Å². The first kappa shape index (κ1) is 12.9. The van der Waals surface area contributed by atoms with Crippen LogP contribution >= 0.6 is 0 Å². The molecule has 2 N–H and O–H groups in total. The smallest absolute Gasteiger partial charge is 0.0748 e. The molecule has 13 heavy (non-hydrogen) atoms. The molecular weight excluding hydrogens is 166 g/mol. The van der Waals surface area contributed by atoms with E-state index < -0.39 is 0 Å². The molecule has 0 spiro atoms. The molecule has 0 amide bonds. The normalized spacial score (nSPS) is 15.7. The molecule has 0 saturated heterocycles. The minimum absolute atomic E-state index is 0.0137. The molecule has 0 heterocycles. The van der Waals surface area contributed by atoms with Gasteiger partial charge in [-0.3, -0.25) is 0 Å². The van der Waals surface area contributed by atoms with Crippen molar-refractivity contribution in [2.75, 3.05) is 19.8 Å². The predicted octanol–water partition coefficient (Wildman–Crippen LogP) is 1.56. The van der Waals surface area contributed by atoms with E-state index >= 15 is 0 Å². The van der Waals surface area contributed by atoms with Gasteiger partial charge in [0.25, 0.3) is 0 Å². The third kappa shape index (κ3) is 6.02. The molecule has 80 valence electrons. The fraction of sp³-hybridized carbons (Fsp3) is 1.00. The molecular formula is C10H23NO2. The molecule has 2 atom stereocenters. The monoisotopic (exact) mass is 189 g/mol. The first-order valence-electron chi connectivity index (χ1n) is 5.21. The predicted molar refractivity (Wildman–Crippen MR) is 54.8 cm³/mol. The third-order valence-electron chi connectivity index (χ3n) is 1.95. The van der Waals surface area contributed by atoms with Gasteiger partial charge in [0.05, 0.1) is 18.8 Å². The van der Waals surface area contributed by atoms with Gasteiger partial charge in [-0.25, -0.2) is 0 Å². The lowest BCUT2D eigenvalue weighted by molar-refractivity contribution is 0.00913. The Balaban J connectivity index is 3.72. The molecule has 0 radical (unpaired) electrons. The second-order valence-corrected chi connectivity index (χ2v) is 3.11. The van der Waals surface area contributed by atoms with Gasteiger partial charge in [0.2, 0.25) is 0 Å². The van der Waals surface area contributed by atoms with Crippen LogP contribution in [-0.2, 0) is 9.47 Å². The second kappa shape index (κ2) is 8.48. The second-order valence-electron chi connectivity index (χ2n) is 3.11. The molecule has 0 aromatic carbocycles. The van der Waals surface area contributed by atoms with Gasteiger partial charge in [0.15, 0.2) is 0 Å².